The highest BCUT2D eigenvalue weighted by Gasteiger charge is 2.19. The Balaban J connectivity index is 2.08. The number of ether oxygens (including phenoxy) is 1. The van der Waals surface area contributed by atoms with Crippen LogP contribution in [-0.2, 0) is 19.6 Å². The molecule has 0 aromatic heterocycles. The van der Waals surface area contributed by atoms with Crippen molar-refractivity contribution >= 4 is 27.6 Å². The monoisotopic (exact) mass is 412 g/mol. The van der Waals surface area contributed by atoms with Gasteiger partial charge in [-0.05, 0) is 36.8 Å². The quantitative estimate of drug-likeness (QED) is 0.680. The number of carbonyl (C=O) groups is 2. The van der Waals surface area contributed by atoms with Gasteiger partial charge < -0.3 is 10.1 Å². The number of sulfonamides is 1. The van der Waals surface area contributed by atoms with Gasteiger partial charge in [-0.2, -0.15) is 0 Å². The first-order valence-corrected chi connectivity index (χ1v) is 9.64. The lowest BCUT2D eigenvalue weighted by molar-refractivity contribution is -0.119. The third-order valence-corrected chi connectivity index (χ3v) is 5.15. The van der Waals surface area contributed by atoms with Gasteiger partial charge in [0.25, 0.3) is 5.91 Å². The summed E-state index contributed by atoms with van der Waals surface area (Å²) in [7, 11) is -3.78. The van der Waals surface area contributed by atoms with Gasteiger partial charge in [0.1, 0.15) is 11.6 Å². The van der Waals surface area contributed by atoms with Crippen LogP contribution in [0.3, 0.4) is 0 Å². The van der Waals surface area contributed by atoms with Gasteiger partial charge in [0, 0.05) is 12.6 Å². The van der Waals surface area contributed by atoms with Gasteiger partial charge in [0.05, 0.1) is 16.1 Å². The number of hydrogen-bond donors (Lipinski definition) is 2. The lowest BCUT2D eigenvalue weighted by Gasteiger charge is -2.11. The van der Waals surface area contributed by atoms with Crippen LogP contribution in [0.15, 0.2) is 41.3 Å². The summed E-state index contributed by atoms with van der Waals surface area (Å²) in [5.74, 6) is -3.41. The lowest BCUT2D eigenvalue weighted by atomic mass is 10.1. The lowest BCUT2D eigenvalue weighted by Crippen LogP contribution is -2.24. The normalized spacial score (nSPS) is 11.1. The predicted molar refractivity (Wildman–Crippen MR) is 97.3 cm³/mol. The molecule has 0 spiro atoms. The average molecular weight is 412 g/mol. The van der Waals surface area contributed by atoms with E-state index in [1.54, 1.807) is 13.8 Å². The van der Waals surface area contributed by atoms with Crippen LogP contribution in [0.1, 0.15) is 22.8 Å². The Morgan fingerprint density at radius 2 is 1.82 bits per heavy atom. The van der Waals surface area contributed by atoms with Crippen molar-refractivity contribution in [1.82, 2.24) is 4.72 Å². The van der Waals surface area contributed by atoms with Gasteiger partial charge in [0.2, 0.25) is 10.0 Å². The molecule has 7 nitrogen and oxygen atoms in total. The largest absolute Gasteiger partial charge is 0.452 e. The molecule has 0 aliphatic heterocycles. The van der Waals surface area contributed by atoms with E-state index in [-0.39, 0.29) is 17.0 Å². The Hall–Kier alpha value is -2.85. The fourth-order valence-corrected chi connectivity index (χ4v) is 3.32. The summed E-state index contributed by atoms with van der Waals surface area (Å²) in [6.07, 6.45) is 0. The molecule has 0 atom stereocenters. The maximum Gasteiger partial charge on any atom is 0.338 e. The number of halogens is 2. The Morgan fingerprint density at radius 3 is 2.50 bits per heavy atom. The van der Waals surface area contributed by atoms with Crippen molar-refractivity contribution < 1.29 is 31.5 Å². The number of anilines is 1. The third kappa shape index (κ3) is 5.33. The SMILES string of the molecule is CCNS(=O)(=O)c1ccc(C)c(C(=O)OCC(=O)Nc2cc(F)ccc2F)c1. The van der Waals surface area contributed by atoms with Crippen LogP contribution in [0, 0.1) is 18.6 Å². The van der Waals surface area contributed by atoms with E-state index in [9.17, 15) is 26.8 Å². The molecule has 0 unspecified atom stereocenters. The molecule has 2 aromatic rings. The smallest absolute Gasteiger partial charge is 0.338 e. The first-order chi connectivity index (χ1) is 13.1. The number of esters is 1. The minimum Gasteiger partial charge on any atom is -0.452 e. The van der Waals surface area contributed by atoms with Crippen molar-refractivity contribution in [2.24, 2.45) is 0 Å². The second-order valence-electron chi connectivity index (χ2n) is 5.73. The maximum atomic E-state index is 13.5. The number of nitrogens with one attached hydrogen (secondary N) is 2. The molecule has 10 heteroatoms. The summed E-state index contributed by atoms with van der Waals surface area (Å²) < 4.78 is 57.9. The van der Waals surface area contributed by atoms with Gasteiger partial charge in [-0.25, -0.2) is 26.7 Å². The predicted octanol–water partition coefficient (Wildman–Crippen LogP) is 2.37. The fourth-order valence-electron chi connectivity index (χ4n) is 2.25. The Bertz CT molecular complexity index is 1010. The van der Waals surface area contributed by atoms with Gasteiger partial charge in [0.15, 0.2) is 6.61 Å². The molecule has 28 heavy (non-hydrogen) atoms. The summed E-state index contributed by atoms with van der Waals surface area (Å²) in [5.41, 5.74) is 0.0108. The molecule has 0 bridgehead atoms. The van der Waals surface area contributed by atoms with E-state index in [4.69, 9.17) is 4.74 Å². The van der Waals surface area contributed by atoms with E-state index < -0.39 is 45.8 Å². The van der Waals surface area contributed by atoms with E-state index in [0.717, 1.165) is 24.3 Å². The second kappa shape index (κ2) is 8.89. The van der Waals surface area contributed by atoms with Crippen molar-refractivity contribution in [3.8, 4) is 0 Å². The zero-order valence-electron chi connectivity index (χ0n) is 15.1. The van der Waals surface area contributed by atoms with E-state index >= 15 is 0 Å². The molecule has 0 radical (unpaired) electrons. The molecule has 0 saturated heterocycles. The minimum absolute atomic E-state index is 0.0382. The Labute approximate surface area is 160 Å². The highest BCUT2D eigenvalue weighted by molar-refractivity contribution is 7.89. The molecule has 1 amide bonds. The topological polar surface area (TPSA) is 102 Å². The van der Waals surface area contributed by atoms with E-state index in [2.05, 4.69) is 10.0 Å². The highest BCUT2D eigenvalue weighted by atomic mass is 32.2. The first kappa shape index (κ1) is 21.5. The molecular weight excluding hydrogens is 394 g/mol. The number of benzene rings is 2. The summed E-state index contributed by atoms with van der Waals surface area (Å²) in [5, 5.41) is 2.09. The van der Waals surface area contributed by atoms with Gasteiger partial charge in [-0.1, -0.05) is 13.0 Å². The fraction of sp³-hybridized carbons (Fsp3) is 0.222. The Morgan fingerprint density at radius 1 is 1.11 bits per heavy atom. The van der Waals surface area contributed by atoms with E-state index in [1.807, 2.05) is 0 Å². The van der Waals surface area contributed by atoms with Crippen LogP contribution < -0.4 is 10.0 Å². The summed E-state index contributed by atoms with van der Waals surface area (Å²) in [6.45, 7) is 2.59. The van der Waals surface area contributed by atoms with Gasteiger partial charge in [-0.3, -0.25) is 4.79 Å². The van der Waals surface area contributed by atoms with E-state index in [1.165, 1.54) is 12.1 Å². The molecular formula is C18H18F2N2O5S. The summed E-state index contributed by atoms with van der Waals surface area (Å²) >= 11 is 0. The molecule has 0 aliphatic carbocycles. The van der Waals surface area contributed by atoms with Gasteiger partial charge >= 0.3 is 5.97 Å². The van der Waals surface area contributed by atoms with Gasteiger partial charge in [-0.15, -0.1) is 0 Å². The van der Waals surface area contributed by atoms with Crippen LogP contribution in [0.5, 0.6) is 0 Å². The molecule has 2 N–H and O–H groups in total. The second-order valence-corrected chi connectivity index (χ2v) is 7.49. The highest BCUT2D eigenvalue weighted by Crippen LogP contribution is 2.17. The van der Waals surface area contributed by atoms with Crippen LogP contribution in [0.25, 0.3) is 0 Å². The average Bonchev–Trinajstić information content (AvgIpc) is 2.63. The van der Waals surface area contributed by atoms with Crippen molar-refractivity contribution in [3.05, 3.63) is 59.2 Å². The minimum atomic E-state index is -3.78. The number of amides is 1. The van der Waals surface area contributed by atoms with E-state index in [0.29, 0.717) is 5.56 Å². The first-order valence-electron chi connectivity index (χ1n) is 8.16. The molecule has 0 heterocycles. The zero-order valence-corrected chi connectivity index (χ0v) is 15.9. The van der Waals surface area contributed by atoms with Crippen LogP contribution in [-0.4, -0.2) is 33.4 Å². The number of aryl methyl sites for hydroxylation is 1. The molecule has 2 rings (SSSR count). The molecule has 2 aromatic carbocycles. The standard InChI is InChI=1S/C18H18F2N2O5S/c1-3-21-28(25,26)13-6-4-11(2)14(9-13)18(24)27-10-17(23)22-16-8-12(19)5-7-15(16)20/h4-9,21H,3,10H2,1-2H3,(H,22,23). The zero-order chi connectivity index (χ0) is 20.9. The van der Waals surface area contributed by atoms with Crippen molar-refractivity contribution in [2.75, 3.05) is 18.5 Å². The number of carbonyl (C=O) groups excluding carboxylic acids is 2. The van der Waals surface area contributed by atoms with Crippen molar-refractivity contribution in [2.45, 2.75) is 18.7 Å². The molecule has 0 fully saturated rings. The van der Waals surface area contributed by atoms with Crippen molar-refractivity contribution in [3.63, 3.8) is 0 Å². The van der Waals surface area contributed by atoms with Crippen LogP contribution >= 0.6 is 0 Å². The number of hydrogen-bond acceptors (Lipinski definition) is 5. The molecule has 0 aliphatic rings. The Kier molecular flexibility index (Phi) is 6.81. The summed E-state index contributed by atoms with van der Waals surface area (Å²) in [4.78, 5) is 23.9. The third-order valence-electron chi connectivity index (χ3n) is 3.61. The van der Waals surface area contributed by atoms with Crippen LogP contribution in [0.2, 0.25) is 0 Å². The number of rotatable bonds is 7. The maximum absolute atomic E-state index is 13.5. The van der Waals surface area contributed by atoms with Crippen LogP contribution in [0.4, 0.5) is 14.5 Å². The molecule has 150 valence electrons. The summed E-state index contributed by atoms with van der Waals surface area (Å²) in [6, 6.07) is 6.43. The van der Waals surface area contributed by atoms with Crippen molar-refractivity contribution in [1.29, 1.82) is 0 Å². The molecule has 0 saturated carbocycles.